The molecule has 0 spiro atoms. The van der Waals surface area contributed by atoms with E-state index in [0.29, 0.717) is 36.5 Å². The minimum absolute atomic E-state index is 0.0141. The average Bonchev–Trinajstić information content (AvgIpc) is 3.12. The van der Waals surface area contributed by atoms with Gasteiger partial charge in [0, 0.05) is 12.1 Å². The van der Waals surface area contributed by atoms with Gasteiger partial charge in [-0.15, -0.1) is 0 Å². The minimum atomic E-state index is -0.454. The van der Waals surface area contributed by atoms with E-state index < -0.39 is 4.92 Å². The zero-order valence-electron chi connectivity index (χ0n) is 18.1. The topological polar surface area (TPSA) is 81.9 Å². The third kappa shape index (κ3) is 5.59. The summed E-state index contributed by atoms with van der Waals surface area (Å²) in [6.45, 7) is 0.204. The van der Waals surface area contributed by atoms with Crippen molar-refractivity contribution in [2.45, 2.75) is 6.61 Å². The Labute approximate surface area is 220 Å². The van der Waals surface area contributed by atoms with Gasteiger partial charge in [-0.2, -0.15) is 0 Å². The van der Waals surface area contributed by atoms with Gasteiger partial charge >= 0.3 is 0 Å². The van der Waals surface area contributed by atoms with Crippen LogP contribution in [0.15, 0.2) is 65.6 Å². The van der Waals surface area contributed by atoms with Gasteiger partial charge in [-0.25, -0.2) is 0 Å². The lowest BCUT2D eigenvalue weighted by atomic mass is 10.1. The van der Waals surface area contributed by atoms with E-state index in [2.05, 4.69) is 0 Å². The van der Waals surface area contributed by atoms with E-state index in [4.69, 9.17) is 44.9 Å². The van der Waals surface area contributed by atoms with Gasteiger partial charge in [0.05, 0.1) is 32.7 Å². The molecule has 0 aliphatic carbocycles. The Morgan fingerprint density at radius 1 is 1.06 bits per heavy atom. The molecule has 0 saturated carbocycles. The number of thiocarbonyl (C=S) groups is 1. The van der Waals surface area contributed by atoms with Gasteiger partial charge in [-0.3, -0.25) is 19.8 Å². The molecule has 178 valence electrons. The molecule has 0 bridgehead atoms. The highest BCUT2D eigenvalue weighted by Crippen LogP contribution is 2.39. The molecule has 0 radical (unpaired) electrons. The number of nitro benzene ring substituents is 1. The number of hydrogen-bond acceptors (Lipinski definition) is 7. The SMILES string of the molecule is COc1cc(/C=C2\SC(=S)N(c3ccc(Cl)c(Cl)c3)C2=O)ccc1OCc1ccc([N+](=O)[O-])cc1. The smallest absolute Gasteiger partial charge is 0.270 e. The molecular weight excluding hydrogens is 531 g/mol. The summed E-state index contributed by atoms with van der Waals surface area (Å²) in [7, 11) is 1.52. The van der Waals surface area contributed by atoms with E-state index in [1.165, 1.54) is 35.9 Å². The predicted molar refractivity (Wildman–Crippen MR) is 143 cm³/mol. The first kappa shape index (κ1) is 25.0. The molecule has 1 saturated heterocycles. The molecular formula is C24H16Cl2N2O5S2. The van der Waals surface area contributed by atoms with Crippen LogP contribution in [0, 0.1) is 10.1 Å². The molecule has 3 aromatic rings. The molecule has 0 atom stereocenters. The zero-order valence-corrected chi connectivity index (χ0v) is 21.2. The third-order valence-corrected chi connectivity index (χ3v) is 7.02. The van der Waals surface area contributed by atoms with E-state index in [1.54, 1.807) is 54.6 Å². The normalized spacial score (nSPS) is 14.5. The summed E-state index contributed by atoms with van der Waals surface area (Å²) in [4.78, 5) is 25.2. The molecule has 7 nitrogen and oxygen atoms in total. The number of nitrogens with zero attached hydrogens (tertiary/aromatic N) is 2. The van der Waals surface area contributed by atoms with Crippen LogP contribution in [0.2, 0.25) is 10.0 Å². The Morgan fingerprint density at radius 2 is 1.80 bits per heavy atom. The fourth-order valence-electron chi connectivity index (χ4n) is 3.23. The summed E-state index contributed by atoms with van der Waals surface area (Å²) >= 11 is 18.7. The second-order valence-electron chi connectivity index (χ2n) is 7.24. The maximum atomic E-state index is 13.0. The van der Waals surface area contributed by atoms with Crippen LogP contribution in [0.1, 0.15) is 11.1 Å². The molecule has 1 aliphatic heterocycles. The molecule has 11 heteroatoms. The number of carbonyl (C=O) groups excluding carboxylic acids is 1. The fraction of sp³-hybridized carbons (Fsp3) is 0.0833. The van der Waals surface area contributed by atoms with Crippen molar-refractivity contribution in [1.82, 2.24) is 0 Å². The van der Waals surface area contributed by atoms with Crippen molar-refractivity contribution in [1.29, 1.82) is 0 Å². The summed E-state index contributed by atoms with van der Waals surface area (Å²) in [5.41, 5.74) is 2.05. The number of rotatable bonds is 7. The molecule has 4 rings (SSSR count). The number of anilines is 1. The largest absolute Gasteiger partial charge is 0.493 e. The van der Waals surface area contributed by atoms with Crippen LogP contribution >= 0.6 is 47.2 Å². The summed E-state index contributed by atoms with van der Waals surface area (Å²) < 4.78 is 11.7. The van der Waals surface area contributed by atoms with E-state index in [0.717, 1.165) is 11.1 Å². The van der Waals surface area contributed by atoms with Crippen LogP contribution < -0.4 is 14.4 Å². The van der Waals surface area contributed by atoms with Crippen LogP contribution in [0.5, 0.6) is 11.5 Å². The maximum absolute atomic E-state index is 13.0. The van der Waals surface area contributed by atoms with Crippen LogP contribution in [0.25, 0.3) is 6.08 Å². The van der Waals surface area contributed by atoms with Gasteiger partial charge < -0.3 is 9.47 Å². The van der Waals surface area contributed by atoms with Crippen molar-refractivity contribution in [3.63, 3.8) is 0 Å². The Hall–Kier alpha value is -3.11. The van der Waals surface area contributed by atoms with E-state index in [9.17, 15) is 14.9 Å². The van der Waals surface area contributed by atoms with E-state index in [1.807, 2.05) is 0 Å². The fourth-order valence-corrected chi connectivity index (χ4v) is 4.83. The van der Waals surface area contributed by atoms with Gasteiger partial charge in [0.25, 0.3) is 11.6 Å². The molecule has 0 unspecified atom stereocenters. The van der Waals surface area contributed by atoms with Crippen molar-refractivity contribution in [3.8, 4) is 11.5 Å². The number of amides is 1. The number of carbonyl (C=O) groups is 1. The summed E-state index contributed by atoms with van der Waals surface area (Å²) in [5.74, 6) is 0.697. The lowest BCUT2D eigenvalue weighted by molar-refractivity contribution is -0.384. The van der Waals surface area contributed by atoms with Crippen LogP contribution in [0.3, 0.4) is 0 Å². The van der Waals surface area contributed by atoms with Crippen molar-refractivity contribution >= 4 is 74.9 Å². The lowest BCUT2D eigenvalue weighted by Gasteiger charge is -2.15. The predicted octanol–water partition coefficient (Wildman–Crippen LogP) is 6.90. The Morgan fingerprint density at radius 3 is 2.46 bits per heavy atom. The molecule has 1 aliphatic rings. The number of ether oxygens (including phenoxy) is 2. The second-order valence-corrected chi connectivity index (χ2v) is 9.73. The molecule has 1 heterocycles. The standard InChI is InChI=1S/C24H16Cl2N2O5S2/c1-32-21-10-15(4-9-20(21)33-13-14-2-5-16(6-3-14)28(30)31)11-22-23(29)27(24(34)35-22)17-7-8-18(25)19(26)12-17/h2-12H,13H2,1H3/b22-11-. The van der Waals surface area contributed by atoms with Crippen molar-refractivity contribution in [2.24, 2.45) is 0 Å². The monoisotopic (exact) mass is 546 g/mol. The van der Waals surface area contributed by atoms with Gasteiger partial charge in [0.2, 0.25) is 0 Å². The first-order chi connectivity index (χ1) is 16.8. The highest BCUT2D eigenvalue weighted by atomic mass is 35.5. The number of nitro groups is 1. The number of thioether (sulfide) groups is 1. The first-order valence-electron chi connectivity index (χ1n) is 10.0. The molecule has 1 fully saturated rings. The van der Waals surface area contributed by atoms with Crippen LogP contribution in [-0.4, -0.2) is 22.3 Å². The Balaban J connectivity index is 1.51. The summed E-state index contributed by atoms with van der Waals surface area (Å²) in [6, 6.07) is 16.3. The number of halogens is 2. The van der Waals surface area contributed by atoms with Crippen LogP contribution in [0.4, 0.5) is 11.4 Å². The molecule has 0 aromatic heterocycles. The van der Waals surface area contributed by atoms with E-state index >= 15 is 0 Å². The van der Waals surface area contributed by atoms with E-state index in [-0.39, 0.29) is 18.2 Å². The highest BCUT2D eigenvalue weighted by molar-refractivity contribution is 8.27. The van der Waals surface area contributed by atoms with Crippen molar-refractivity contribution in [3.05, 3.63) is 96.9 Å². The van der Waals surface area contributed by atoms with Crippen molar-refractivity contribution in [2.75, 3.05) is 12.0 Å². The second kappa shape index (κ2) is 10.7. The molecule has 35 heavy (non-hydrogen) atoms. The quantitative estimate of drug-likeness (QED) is 0.138. The van der Waals surface area contributed by atoms with Gasteiger partial charge in [-0.05, 0) is 59.7 Å². The zero-order chi connectivity index (χ0) is 25.1. The van der Waals surface area contributed by atoms with Gasteiger partial charge in [0.15, 0.2) is 15.8 Å². The number of methoxy groups -OCH3 is 1. The number of hydrogen-bond donors (Lipinski definition) is 0. The molecule has 1 amide bonds. The number of benzene rings is 3. The Bertz CT molecular complexity index is 1360. The Kier molecular flexibility index (Phi) is 7.61. The number of non-ortho nitro benzene ring substituents is 1. The van der Waals surface area contributed by atoms with Crippen LogP contribution in [-0.2, 0) is 11.4 Å². The van der Waals surface area contributed by atoms with Gasteiger partial charge in [0.1, 0.15) is 6.61 Å². The maximum Gasteiger partial charge on any atom is 0.270 e. The summed E-state index contributed by atoms with van der Waals surface area (Å²) in [6.07, 6.45) is 1.72. The third-order valence-electron chi connectivity index (χ3n) is 4.98. The molecule has 3 aromatic carbocycles. The minimum Gasteiger partial charge on any atom is -0.493 e. The average molecular weight is 547 g/mol. The highest BCUT2D eigenvalue weighted by Gasteiger charge is 2.33. The molecule has 0 N–H and O–H groups in total. The van der Waals surface area contributed by atoms with Gasteiger partial charge in [-0.1, -0.05) is 53.2 Å². The lowest BCUT2D eigenvalue weighted by Crippen LogP contribution is -2.27. The summed E-state index contributed by atoms with van der Waals surface area (Å²) in [5, 5.41) is 11.5. The van der Waals surface area contributed by atoms with Crippen molar-refractivity contribution < 1.29 is 19.2 Å². The first-order valence-corrected chi connectivity index (χ1v) is 12.0.